The van der Waals surface area contributed by atoms with Crippen LogP contribution in [0.15, 0.2) is 83.8 Å². The predicted molar refractivity (Wildman–Crippen MR) is 130 cm³/mol. The highest BCUT2D eigenvalue weighted by molar-refractivity contribution is 7.90. The summed E-state index contributed by atoms with van der Waals surface area (Å²) < 4.78 is 28.2. The van der Waals surface area contributed by atoms with Gasteiger partial charge in [0.1, 0.15) is 5.82 Å². The molecule has 33 heavy (non-hydrogen) atoms. The Labute approximate surface area is 198 Å². The largest absolute Gasteiger partial charge is 0.352 e. The summed E-state index contributed by atoms with van der Waals surface area (Å²) in [5.41, 5.74) is 1.83. The molecule has 0 radical (unpaired) electrons. The van der Waals surface area contributed by atoms with E-state index in [-0.39, 0.29) is 10.8 Å². The number of rotatable bonds is 9. The molecule has 0 aliphatic rings. The predicted octanol–water partition coefficient (Wildman–Crippen LogP) is 5.07. The van der Waals surface area contributed by atoms with Crippen molar-refractivity contribution in [3.05, 3.63) is 95.3 Å². The van der Waals surface area contributed by atoms with Crippen LogP contribution in [0.25, 0.3) is 11.0 Å². The molecule has 1 amide bonds. The molecule has 3 aromatic carbocycles. The molecule has 0 unspecified atom stereocenters. The van der Waals surface area contributed by atoms with Gasteiger partial charge in [-0.05, 0) is 61.4 Å². The molecule has 0 aliphatic heterocycles. The molecule has 0 saturated carbocycles. The maximum Gasteiger partial charge on any atom is 0.269 e. The number of amides is 1. The number of carbonyl (C=O) groups excluding carboxylic acids is 1. The van der Waals surface area contributed by atoms with Gasteiger partial charge in [-0.3, -0.25) is 4.79 Å². The Balaban J connectivity index is 1.43. The van der Waals surface area contributed by atoms with Gasteiger partial charge in [0.15, 0.2) is 0 Å². The number of fused-ring (bicyclic) bond motifs is 1. The average Bonchev–Trinajstić information content (AvgIpc) is 3.21. The average molecular weight is 482 g/mol. The third-order valence-electron chi connectivity index (χ3n) is 5.34. The van der Waals surface area contributed by atoms with E-state index in [0.29, 0.717) is 40.4 Å². The minimum atomic E-state index is -3.82. The van der Waals surface area contributed by atoms with Crippen LogP contribution in [-0.4, -0.2) is 29.8 Å². The topological polar surface area (TPSA) is 81.1 Å². The second-order valence-corrected chi connectivity index (χ2v) is 9.90. The van der Waals surface area contributed by atoms with Crippen LogP contribution >= 0.6 is 11.6 Å². The van der Waals surface area contributed by atoms with Gasteiger partial charge in [0.25, 0.3) is 15.9 Å². The summed E-state index contributed by atoms with van der Waals surface area (Å²) in [7, 11) is -3.82. The number of halogens is 1. The Morgan fingerprint density at radius 3 is 2.33 bits per heavy atom. The summed E-state index contributed by atoms with van der Waals surface area (Å²) >= 11 is 5.94. The van der Waals surface area contributed by atoms with Crippen LogP contribution < -0.4 is 5.32 Å². The monoisotopic (exact) mass is 481 g/mol. The fraction of sp³-hybridized carbons (Fsp3) is 0.200. The number of benzene rings is 3. The van der Waals surface area contributed by atoms with Crippen molar-refractivity contribution in [1.82, 2.24) is 14.3 Å². The zero-order valence-corrected chi connectivity index (χ0v) is 19.5. The van der Waals surface area contributed by atoms with Crippen molar-refractivity contribution >= 4 is 38.6 Å². The molecule has 6 nitrogen and oxygen atoms in total. The highest BCUT2D eigenvalue weighted by atomic mass is 35.5. The molecular weight excluding hydrogens is 458 g/mol. The van der Waals surface area contributed by atoms with Crippen molar-refractivity contribution in [2.24, 2.45) is 0 Å². The number of hydrogen-bond donors (Lipinski definition) is 1. The molecule has 8 heteroatoms. The van der Waals surface area contributed by atoms with Crippen molar-refractivity contribution in [1.29, 1.82) is 0 Å². The third kappa shape index (κ3) is 5.26. The van der Waals surface area contributed by atoms with Crippen LogP contribution in [0, 0.1) is 0 Å². The summed E-state index contributed by atoms with van der Waals surface area (Å²) in [6.45, 7) is 0.563. The summed E-state index contributed by atoms with van der Waals surface area (Å²) in [5.74, 6) is 0.408. The number of nitrogens with zero attached hydrogens (tertiary/aromatic N) is 2. The lowest BCUT2D eigenvalue weighted by molar-refractivity contribution is 0.0953. The van der Waals surface area contributed by atoms with E-state index in [4.69, 9.17) is 11.6 Å². The summed E-state index contributed by atoms with van der Waals surface area (Å²) in [5, 5.41) is 3.39. The fourth-order valence-electron chi connectivity index (χ4n) is 3.67. The Kier molecular flexibility index (Phi) is 7.11. The molecule has 0 atom stereocenters. The minimum Gasteiger partial charge on any atom is -0.352 e. The van der Waals surface area contributed by atoms with Gasteiger partial charge in [-0.1, -0.05) is 48.4 Å². The van der Waals surface area contributed by atoms with E-state index in [1.807, 2.05) is 30.3 Å². The molecule has 0 aliphatic carbocycles. The highest BCUT2D eigenvalue weighted by Crippen LogP contribution is 2.25. The van der Waals surface area contributed by atoms with Crippen molar-refractivity contribution < 1.29 is 13.2 Å². The number of nitrogens with one attached hydrogen (secondary N) is 1. The Morgan fingerprint density at radius 2 is 1.58 bits per heavy atom. The molecule has 0 bridgehead atoms. The molecule has 4 rings (SSSR count). The van der Waals surface area contributed by atoms with Crippen molar-refractivity contribution in [3.63, 3.8) is 0 Å². The number of para-hydroxylation sites is 2. The quantitative estimate of drug-likeness (QED) is 0.338. The first-order valence-electron chi connectivity index (χ1n) is 10.8. The normalized spacial score (nSPS) is 11.5. The zero-order valence-electron chi connectivity index (χ0n) is 17.9. The van der Waals surface area contributed by atoms with Crippen molar-refractivity contribution in [2.45, 2.75) is 30.6 Å². The Morgan fingerprint density at radius 1 is 0.879 bits per heavy atom. The molecule has 4 aromatic rings. The van der Waals surface area contributed by atoms with Crippen molar-refractivity contribution in [2.75, 3.05) is 6.54 Å². The van der Waals surface area contributed by atoms with Crippen LogP contribution in [0.1, 0.15) is 35.4 Å². The van der Waals surface area contributed by atoms with Gasteiger partial charge in [-0.25, -0.2) is 17.4 Å². The van der Waals surface area contributed by atoms with E-state index < -0.39 is 10.0 Å². The first-order chi connectivity index (χ1) is 16.0. The third-order valence-corrected chi connectivity index (χ3v) is 7.34. The van der Waals surface area contributed by atoms with E-state index in [2.05, 4.69) is 10.3 Å². The second-order valence-electron chi connectivity index (χ2n) is 7.67. The second kappa shape index (κ2) is 10.2. The number of carbonyl (C=O) groups is 1. The van der Waals surface area contributed by atoms with Crippen LogP contribution in [0.5, 0.6) is 0 Å². The molecule has 0 fully saturated rings. The molecule has 0 saturated heterocycles. The summed E-state index contributed by atoms with van der Waals surface area (Å²) in [6.07, 6.45) is 2.89. The van der Waals surface area contributed by atoms with Crippen molar-refractivity contribution in [3.8, 4) is 0 Å². The minimum absolute atomic E-state index is 0.0912. The lowest BCUT2D eigenvalue weighted by Crippen LogP contribution is -2.24. The molecule has 1 N–H and O–H groups in total. The van der Waals surface area contributed by atoms with Gasteiger partial charge >= 0.3 is 0 Å². The van der Waals surface area contributed by atoms with E-state index in [0.717, 1.165) is 19.3 Å². The first kappa shape index (κ1) is 23.0. The fourth-order valence-corrected chi connectivity index (χ4v) is 5.31. The lowest BCUT2D eigenvalue weighted by atomic mass is 10.2. The number of aromatic nitrogens is 2. The summed E-state index contributed by atoms with van der Waals surface area (Å²) in [6, 6.07) is 22.5. The van der Waals surface area contributed by atoms with Gasteiger partial charge in [0, 0.05) is 23.6 Å². The number of unbranched alkanes of at least 4 members (excludes halogenated alkanes) is 2. The SMILES string of the molecule is O=C(NCCCCCc1nc2ccccc2n1S(=O)(=O)c1ccc(Cl)cc1)c1ccccc1. The first-order valence-corrected chi connectivity index (χ1v) is 12.6. The molecule has 1 aromatic heterocycles. The van der Waals surface area contributed by atoms with E-state index in [1.54, 1.807) is 36.4 Å². The van der Waals surface area contributed by atoms with E-state index in [9.17, 15) is 13.2 Å². The maximum atomic E-state index is 13.4. The maximum absolute atomic E-state index is 13.4. The smallest absolute Gasteiger partial charge is 0.269 e. The number of imidazole rings is 1. The van der Waals surface area contributed by atoms with Gasteiger partial charge in [-0.15, -0.1) is 0 Å². The number of hydrogen-bond acceptors (Lipinski definition) is 4. The van der Waals surface area contributed by atoms with Gasteiger partial charge < -0.3 is 5.32 Å². The van der Waals surface area contributed by atoms with Gasteiger partial charge in [0.05, 0.1) is 15.9 Å². The highest BCUT2D eigenvalue weighted by Gasteiger charge is 2.23. The molecule has 170 valence electrons. The molecule has 1 heterocycles. The van der Waals surface area contributed by atoms with E-state index >= 15 is 0 Å². The van der Waals surface area contributed by atoms with Crippen LogP contribution in [-0.2, 0) is 16.4 Å². The Bertz CT molecular complexity index is 1350. The lowest BCUT2D eigenvalue weighted by Gasteiger charge is -2.11. The van der Waals surface area contributed by atoms with Crippen LogP contribution in [0.2, 0.25) is 5.02 Å². The zero-order chi connectivity index (χ0) is 23.3. The van der Waals surface area contributed by atoms with Gasteiger partial charge in [-0.2, -0.15) is 0 Å². The Hall–Kier alpha value is -3.16. The van der Waals surface area contributed by atoms with E-state index in [1.165, 1.54) is 16.1 Å². The molecule has 0 spiro atoms. The van der Waals surface area contributed by atoms with Crippen LogP contribution in [0.3, 0.4) is 0 Å². The molecular formula is C25H24ClN3O3S. The van der Waals surface area contributed by atoms with Gasteiger partial charge in [0.2, 0.25) is 0 Å². The standard InChI is InChI=1S/C25H24ClN3O3S/c26-20-14-16-21(17-15-20)33(31,32)29-23-12-7-6-11-22(23)28-24(29)13-5-2-8-18-27-25(30)19-9-3-1-4-10-19/h1,3-4,6-7,9-12,14-17H,2,5,8,13,18H2,(H,27,30). The summed E-state index contributed by atoms with van der Waals surface area (Å²) in [4.78, 5) is 16.9. The number of aryl methyl sites for hydroxylation is 1. The van der Waals surface area contributed by atoms with Crippen LogP contribution in [0.4, 0.5) is 0 Å².